The number of carbonyl (C=O) groups excluding carboxylic acids is 6. The second-order valence-electron chi connectivity index (χ2n) is 26.4. The number of hydrogen-bond acceptors (Lipinski definition) is 24. The predicted molar refractivity (Wildman–Crippen MR) is 443 cm³/mol. The van der Waals surface area contributed by atoms with Gasteiger partial charge < -0.3 is 54.5 Å². The number of nitro benzene ring substituents is 1. The molecule has 0 bridgehead atoms. The standard InChI is InChI=1S/C33H39N3O5S.C18H19N3O4.C18H21N3O2.C7H6BrNO2.C6H4BrNO2.ClH/c1-33(2,3)41-30(37)14-18-42-22-23-9-8-10-24(19-23)31(38)35-28-12-11-26(36-16-6-5-7-17-36)21-27(28)29-20-25(13-15-34-29)32(39)40-4;1-25-18(22)13-7-8-19-16(11-13)15-12-14(5-6-17(15)21(23)24)20-9-3-2-4-10-20;1-23-18(22)13-7-8-20-17(11-13)15-12-14(5-6-16(15)19)21-9-3-2-4-10-21;1-11-7(10)5-2-3-9-6(8)4-5;7-5-3-4(6(9)10)1-2-8-5;/h8-13,15,19-21H,5-7,14,16-18,22H2,1-4H3,(H,35,38);5-8,11-12H,2-4,9-10H2,1H3;5-8,11-12H,2-4,9-10,19H2,1H3;2-4H,1H3;1-3H,(H,9,10);1H. The Kier molecular flexibility index (Phi) is 34.9. The third kappa shape index (κ3) is 27.0. The zero-order valence-electron chi connectivity index (χ0n) is 63.2. The normalized spacial score (nSPS) is 12.9. The number of piperidine rings is 3. The van der Waals surface area contributed by atoms with E-state index in [-0.39, 0.29) is 47.5 Å². The Labute approximate surface area is 677 Å². The number of aromatic carboxylic acids is 1. The van der Waals surface area contributed by atoms with Crippen molar-refractivity contribution in [2.75, 3.05) is 99.2 Å². The lowest BCUT2D eigenvalue weighted by atomic mass is 10.0. The molecule has 0 spiro atoms. The number of nitro groups is 1. The van der Waals surface area contributed by atoms with Crippen LogP contribution in [-0.2, 0) is 34.2 Å². The molecule has 30 heteroatoms. The Balaban J connectivity index is 0.000000213. The van der Waals surface area contributed by atoms with Crippen LogP contribution in [0.3, 0.4) is 0 Å². The second kappa shape index (κ2) is 44.2. The third-order valence-corrected chi connectivity index (χ3v) is 19.3. The highest BCUT2D eigenvalue weighted by molar-refractivity contribution is 9.10. The van der Waals surface area contributed by atoms with Crippen LogP contribution in [0.4, 0.5) is 34.1 Å². The SMILES string of the molecule is COC(=O)c1ccnc(-c2cc(N3CCCCC3)ccc2N)c1.COC(=O)c1ccnc(-c2cc(N3CCCCC3)ccc2NC(=O)c2cccc(CSCCC(=O)OC(C)(C)C)c2)c1.COC(=O)c1ccnc(-c2cc(N3CCCCC3)ccc2[N+](=O)[O-])c1.COC(=O)c1ccnc(Br)c1.Cl.O=C(O)c1ccnc(Br)c1. The summed E-state index contributed by atoms with van der Waals surface area (Å²) >= 11 is 7.82. The maximum atomic E-state index is 13.4. The number of nitrogens with two attached hydrogens (primary N) is 1. The van der Waals surface area contributed by atoms with Gasteiger partial charge in [0.05, 0.1) is 95.9 Å². The minimum absolute atomic E-state index is 0. The lowest BCUT2D eigenvalue weighted by Crippen LogP contribution is -2.29. The summed E-state index contributed by atoms with van der Waals surface area (Å²) in [5, 5.41) is 23.0. The number of aromatic nitrogens is 5. The highest BCUT2D eigenvalue weighted by Crippen LogP contribution is 2.37. The van der Waals surface area contributed by atoms with Crippen LogP contribution in [0.5, 0.6) is 0 Å². The van der Waals surface area contributed by atoms with Crippen molar-refractivity contribution in [2.24, 2.45) is 0 Å². The number of nitrogens with zero attached hydrogens (tertiary/aromatic N) is 9. The molecule has 0 radical (unpaired) electrons. The van der Waals surface area contributed by atoms with Crippen LogP contribution in [0, 0.1) is 10.1 Å². The van der Waals surface area contributed by atoms with Crippen LogP contribution in [-0.4, -0.2) is 156 Å². The van der Waals surface area contributed by atoms with Gasteiger partial charge in [0.15, 0.2) is 0 Å². The molecular formula is C82H90Br2ClN11O15S. The molecule has 3 aliphatic rings. The van der Waals surface area contributed by atoms with E-state index in [1.807, 2.05) is 69.3 Å². The molecule has 8 heterocycles. The van der Waals surface area contributed by atoms with Crippen LogP contribution in [0.15, 0.2) is 180 Å². The quantitative estimate of drug-likeness (QED) is 0.0129. The van der Waals surface area contributed by atoms with Crippen molar-refractivity contribution in [3.63, 3.8) is 0 Å². The van der Waals surface area contributed by atoms with Crippen molar-refractivity contribution in [3.8, 4) is 33.8 Å². The number of hydrogen-bond donors (Lipinski definition) is 3. The van der Waals surface area contributed by atoms with Crippen molar-refractivity contribution >= 4 is 132 Å². The van der Waals surface area contributed by atoms with Crippen molar-refractivity contribution in [1.82, 2.24) is 24.9 Å². The van der Waals surface area contributed by atoms with E-state index in [2.05, 4.69) is 87.6 Å². The summed E-state index contributed by atoms with van der Waals surface area (Å²) in [7, 11) is 5.35. The van der Waals surface area contributed by atoms with Gasteiger partial charge in [-0.2, -0.15) is 11.8 Å². The van der Waals surface area contributed by atoms with Gasteiger partial charge in [0, 0.05) is 127 Å². The van der Waals surface area contributed by atoms with E-state index >= 15 is 0 Å². The van der Waals surface area contributed by atoms with Crippen molar-refractivity contribution < 1.29 is 67.3 Å². The van der Waals surface area contributed by atoms with Crippen LogP contribution in [0.1, 0.15) is 153 Å². The Morgan fingerprint density at radius 1 is 0.509 bits per heavy atom. The number of esters is 5. The first-order valence-electron chi connectivity index (χ1n) is 35.8. The van der Waals surface area contributed by atoms with E-state index in [9.17, 15) is 43.7 Å². The summed E-state index contributed by atoms with van der Waals surface area (Å²) in [6.07, 6.45) is 18.6. The monoisotopic (exact) mass is 1690 g/mol. The molecule has 3 saturated heterocycles. The Hall–Kier alpha value is -10.9. The van der Waals surface area contributed by atoms with Gasteiger partial charge in [-0.1, -0.05) is 12.1 Å². The van der Waals surface area contributed by atoms with E-state index in [1.54, 1.807) is 78.8 Å². The van der Waals surface area contributed by atoms with Crippen molar-refractivity contribution in [3.05, 3.63) is 229 Å². The summed E-state index contributed by atoms with van der Waals surface area (Å²) in [6.45, 7) is 11.5. The van der Waals surface area contributed by atoms with E-state index in [0.717, 1.165) is 98.7 Å². The Morgan fingerprint density at radius 3 is 1.35 bits per heavy atom. The number of nitrogen functional groups attached to an aromatic ring is 1. The lowest BCUT2D eigenvalue weighted by Gasteiger charge is -2.29. The Bertz CT molecular complexity index is 4730. The topological polar surface area (TPSA) is 341 Å². The number of amides is 1. The largest absolute Gasteiger partial charge is 0.478 e. The number of thioether (sulfide) groups is 1. The van der Waals surface area contributed by atoms with Gasteiger partial charge in [0.1, 0.15) is 14.8 Å². The van der Waals surface area contributed by atoms with E-state index in [4.69, 9.17) is 29.8 Å². The van der Waals surface area contributed by atoms with Crippen molar-refractivity contribution in [1.29, 1.82) is 0 Å². The molecule has 12 rings (SSSR count). The minimum atomic E-state index is -0.942. The molecule has 9 aromatic rings. The number of benzene rings is 4. The van der Waals surface area contributed by atoms with Crippen LogP contribution in [0.25, 0.3) is 33.8 Å². The number of nitrogens with one attached hydrogen (secondary N) is 1. The first-order chi connectivity index (χ1) is 53.3. The third-order valence-electron chi connectivity index (χ3n) is 17.4. The molecule has 0 saturated carbocycles. The second-order valence-corrected chi connectivity index (χ2v) is 29.2. The minimum Gasteiger partial charge on any atom is -0.478 e. The molecule has 112 heavy (non-hydrogen) atoms. The number of anilines is 5. The van der Waals surface area contributed by atoms with Crippen LogP contribution < -0.4 is 25.8 Å². The predicted octanol–water partition coefficient (Wildman–Crippen LogP) is 16.9. The summed E-state index contributed by atoms with van der Waals surface area (Å²) < 4.78 is 25.4. The van der Waals surface area contributed by atoms with Gasteiger partial charge in [-0.3, -0.25) is 34.7 Å². The molecule has 4 aromatic carbocycles. The number of rotatable bonds is 19. The summed E-state index contributed by atoms with van der Waals surface area (Å²) in [5.74, 6) is -1.77. The van der Waals surface area contributed by atoms with Gasteiger partial charge >= 0.3 is 35.8 Å². The molecule has 590 valence electrons. The fourth-order valence-electron chi connectivity index (χ4n) is 11.9. The summed E-state index contributed by atoms with van der Waals surface area (Å²) in [4.78, 5) is 121. The zero-order valence-corrected chi connectivity index (χ0v) is 68.0. The van der Waals surface area contributed by atoms with Crippen molar-refractivity contribution in [2.45, 2.75) is 96.3 Å². The molecule has 3 fully saturated rings. The van der Waals surface area contributed by atoms with E-state index in [1.165, 1.54) is 109 Å². The Morgan fingerprint density at radius 2 is 0.911 bits per heavy atom. The van der Waals surface area contributed by atoms with E-state index in [0.29, 0.717) is 89.0 Å². The first-order valence-corrected chi connectivity index (χ1v) is 38.6. The van der Waals surface area contributed by atoms with Gasteiger partial charge in [0.2, 0.25) is 0 Å². The maximum absolute atomic E-state index is 13.4. The van der Waals surface area contributed by atoms with Crippen LogP contribution >= 0.6 is 56.0 Å². The fourth-order valence-corrected chi connectivity index (χ4v) is 13.5. The summed E-state index contributed by atoms with van der Waals surface area (Å²) in [6, 6.07) is 40.3. The average molecular weight is 1700 g/mol. The first kappa shape index (κ1) is 88.3. The molecule has 4 N–H and O–H groups in total. The zero-order chi connectivity index (χ0) is 80.0. The lowest BCUT2D eigenvalue weighted by molar-refractivity contribution is -0.384. The van der Waals surface area contributed by atoms with Crippen LogP contribution in [0.2, 0.25) is 0 Å². The highest BCUT2D eigenvalue weighted by atomic mass is 79.9. The van der Waals surface area contributed by atoms with Gasteiger partial charge in [-0.05, 0) is 237 Å². The highest BCUT2D eigenvalue weighted by Gasteiger charge is 2.24. The van der Waals surface area contributed by atoms with Gasteiger partial charge in [-0.25, -0.2) is 33.9 Å². The molecular weight excluding hydrogens is 1610 g/mol. The fraction of sp³-hybridized carbons (Fsp3) is 0.317. The number of ether oxygens (including phenoxy) is 5. The number of halogens is 3. The number of carboxylic acids is 1. The molecule has 1 amide bonds. The number of pyridine rings is 5. The molecule has 0 atom stereocenters. The number of carboxylic acid groups (broad SMARTS) is 1. The van der Waals surface area contributed by atoms with Gasteiger partial charge in [-0.15, -0.1) is 12.4 Å². The molecule has 26 nitrogen and oxygen atoms in total. The summed E-state index contributed by atoms with van der Waals surface area (Å²) in [5.41, 5.74) is 17.1. The van der Waals surface area contributed by atoms with Gasteiger partial charge in [0.25, 0.3) is 11.6 Å². The average Bonchev–Trinajstić information content (AvgIpc) is 0.808. The number of carbonyl (C=O) groups is 7. The molecule has 0 unspecified atom stereocenters. The maximum Gasteiger partial charge on any atom is 0.337 e. The smallest absolute Gasteiger partial charge is 0.337 e. The van der Waals surface area contributed by atoms with E-state index < -0.39 is 28.4 Å². The molecule has 0 aliphatic carbocycles. The molecule has 3 aliphatic heterocycles. The molecule has 5 aromatic heterocycles. The number of methoxy groups -OCH3 is 4.